The summed E-state index contributed by atoms with van der Waals surface area (Å²) in [5, 5.41) is 10.6. The lowest BCUT2D eigenvalue weighted by molar-refractivity contribution is 0.0162. The van der Waals surface area contributed by atoms with Gasteiger partial charge in [0.1, 0.15) is 0 Å². The first kappa shape index (κ1) is 22.7. The Morgan fingerprint density at radius 2 is 1.97 bits per heavy atom. The number of amides is 1. The van der Waals surface area contributed by atoms with Crippen molar-refractivity contribution < 1.29 is 9.53 Å². The van der Waals surface area contributed by atoms with Crippen molar-refractivity contribution in [3.05, 3.63) is 81.3 Å². The number of benzene rings is 1. The standard InChI is InChI=1S/C26H29N5O2S/c1-18-5-7-20(8-6-18)24(30-9-11-33-12-10-30)16-27-26(32)22-14-19(2)29-25-23(22)15-28-31(25)17-21-4-3-13-34-21/h3-8,13-15,24H,9-12,16-17H2,1-2H3,(H,27,32). The first-order valence-corrected chi connectivity index (χ1v) is 12.5. The van der Waals surface area contributed by atoms with Gasteiger partial charge in [-0.3, -0.25) is 9.69 Å². The Kier molecular flexibility index (Phi) is 6.71. The van der Waals surface area contributed by atoms with Crippen molar-refractivity contribution in [2.75, 3.05) is 32.8 Å². The molecule has 1 amide bonds. The van der Waals surface area contributed by atoms with Gasteiger partial charge in [0.25, 0.3) is 5.91 Å². The number of hydrogen-bond donors (Lipinski definition) is 1. The van der Waals surface area contributed by atoms with E-state index in [1.807, 2.05) is 23.7 Å². The summed E-state index contributed by atoms with van der Waals surface area (Å²) in [5.74, 6) is -0.100. The third-order valence-electron chi connectivity index (χ3n) is 6.27. The number of nitrogens with one attached hydrogen (secondary N) is 1. The van der Waals surface area contributed by atoms with Crippen molar-refractivity contribution in [2.45, 2.75) is 26.4 Å². The molecule has 1 saturated heterocycles. The predicted molar refractivity (Wildman–Crippen MR) is 134 cm³/mol. The maximum absolute atomic E-state index is 13.4. The lowest BCUT2D eigenvalue weighted by Crippen LogP contribution is -2.43. The second-order valence-corrected chi connectivity index (χ2v) is 9.75. The van der Waals surface area contributed by atoms with Crippen LogP contribution in [0.1, 0.15) is 38.1 Å². The van der Waals surface area contributed by atoms with E-state index in [0.29, 0.717) is 31.9 Å². The molecule has 0 bridgehead atoms. The summed E-state index contributed by atoms with van der Waals surface area (Å²) in [6.07, 6.45) is 1.75. The maximum Gasteiger partial charge on any atom is 0.252 e. The Morgan fingerprint density at radius 1 is 1.18 bits per heavy atom. The minimum Gasteiger partial charge on any atom is -0.379 e. The zero-order valence-electron chi connectivity index (χ0n) is 19.5. The Morgan fingerprint density at radius 3 is 2.71 bits per heavy atom. The van der Waals surface area contributed by atoms with Gasteiger partial charge in [-0.25, -0.2) is 9.67 Å². The van der Waals surface area contributed by atoms with Crippen LogP contribution < -0.4 is 5.32 Å². The van der Waals surface area contributed by atoms with Gasteiger partial charge in [-0.15, -0.1) is 11.3 Å². The molecule has 4 aromatic rings. The molecule has 1 aliphatic heterocycles. The molecule has 7 nitrogen and oxygen atoms in total. The number of carbonyl (C=O) groups is 1. The number of hydrogen-bond acceptors (Lipinski definition) is 6. The minimum atomic E-state index is -0.100. The number of aromatic nitrogens is 3. The Hall–Kier alpha value is -3.07. The van der Waals surface area contributed by atoms with E-state index in [0.717, 1.165) is 29.8 Å². The van der Waals surface area contributed by atoms with Gasteiger partial charge in [-0.2, -0.15) is 5.10 Å². The summed E-state index contributed by atoms with van der Waals surface area (Å²) in [6.45, 7) is 8.30. The molecule has 3 aromatic heterocycles. The summed E-state index contributed by atoms with van der Waals surface area (Å²) in [7, 11) is 0. The molecule has 1 fully saturated rings. The molecule has 1 N–H and O–H groups in total. The van der Waals surface area contributed by atoms with E-state index in [-0.39, 0.29) is 11.9 Å². The molecule has 0 aliphatic carbocycles. The zero-order chi connectivity index (χ0) is 23.5. The highest BCUT2D eigenvalue weighted by Crippen LogP contribution is 2.24. The number of fused-ring (bicyclic) bond motifs is 1. The molecule has 176 valence electrons. The Balaban J connectivity index is 1.38. The average Bonchev–Trinajstić information content (AvgIpc) is 3.51. The number of pyridine rings is 1. The Labute approximate surface area is 203 Å². The first-order chi connectivity index (χ1) is 16.6. The molecular formula is C26H29N5O2S. The lowest BCUT2D eigenvalue weighted by Gasteiger charge is -2.35. The zero-order valence-corrected chi connectivity index (χ0v) is 20.3. The maximum atomic E-state index is 13.4. The van der Waals surface area contributed by atoms with Crippen molar-refractivity contribution >= 4 is 28.3 Å². The fraction of sp³-hybridized carbons (Fsp3) is 0.346. The van der Waals surface area contributed by atoms with E-state index < -0.39 is 0 Å². The number of thiophene rings is 1. The molecule has 0 saturated carbocycles. The second kappa shape index (κ2) is 10.0. The number of ether oxygens (including phenoxy) is 1. The third kappa shape index (κ3) is 4.89. The van der Waals surface area contributed by atoms with Crippen LogP contribution in [0.25, 0.3) is 11.0 Å². The molecular weight excluding hydrogens is 446 g/mol. The van der Waals surface area contributed by atoms with Crippen LogP contribution in [0.2, 0.25) is 0 Å². The normalized spacial score (nSPS) is 15.5. The van der Waals surface area contributed by atoms with Crippen molar-refractivity contribution in [1.82, 2.24) is 25.0 Å². The van der Waals surface area contributed by atoms with Crippen molar-refractivity contribution in [1.29, 1.82) is 0 Å². The van der Waals surface area contributed by atoms with Gasteiger partial charge in [-0.05, 0) is 36.9 Å². The van der Waals surface area contributed by atoms with E-state index in [1.165, 1.54) is 16.0 Å². The minimum absolute atomic E-state index is 0.0911. The largest absolute Gasteiger partial charge is 0.379 e. The van der Waals surface area contributed by atoms with E-state index in [1.54, 1.807) is 17.5 Å². The second-order valence-electron chi connectivity index (χ2n) is 8.71. The molecule has 1 unspecified atom stereocenters. The molecule has 0 spiro atoms. The molecule has 1 atom stereocenters. The fourth-order valence-electron chi connectivity index (χ4n) is 4.45. The van der Waals surface area contributed by atoms with E-state index in [2.05, 4.69) is 62.9 Å². The monoisotopic (exact) mass is 475 g/mol. The number of rotatable bonds is 7. The van der Waals surface area contributed by atoms with Crippen LogP contribution in [0.4, 0.5) is 0 Å². The van der Waals surface area contributed by atoms with E-state index >= 15 is 0 Å². The first-order valence-electron chi connectivity index (χ1n) is 11.6. The molecule has 5 rings (SSSR count). The van der Waals surface area contributed by atoms with Crippen molar-refractivity contribution in [3.63, 3.8) is 0 Å². The summed E-state index contributed by atoms with van der Waals surface area (Å²) < 4.78 is 7.43. The van der Waals surface area contributed by atoms with Crippen LogP contribution in [0.5, 0.6) is 0 Å². The van der Waals surface area contributed by atoms with Gasteiger partial charge in [0.05, 0.1) is 42.9 Å². The van der Waals surface area contributed by atoms with Crippen LogP contribution in [0.3, 0.4) is 0 Å². The Bertz CT molecular complexity index is 1260. The van der Waals surface area contributed by atoms with Crippen LogP contribution in [-0.4, -0.2) is 58.4 Å². The van der Waals surface area contributed by atoms with Crippen LogP contribution in [0, 0.1) is 13.8 Å². The number of morpholine rings is 1. The van der Waals surface area contributed by atoms with Crippen LogP contribution >= 0.6 is 11.3 Å². The smallest absolute Gasteiger partial charge is 0.252 e. The highest BCUT2D eigenvalue weighted by atomic mass is 32.1. The van der Waals surface area contributed by atoms with Crippen LogP contribution in [0.15, 0.2) is 54.0 Å². The quantitative estimate of drug-likeness (QED) is 0.438. The number of aryl methyl sites for hydroxylation is 2. The highest BCUT2D eigenvalue weighted by molar-refractivity contribution is 7.09. The van der Waals surface area contributed by atoms with E-state index in [4.69, 9.17) is 4.74 Å². The van der Waals surface area contributed by atoms with Gasteiger partial charge >= 0.3 is 0 Å². The molecule has 8 heteroatoms. The summed E-state index contributed by atoms with van der Waals surface area (Å²) in [4.78, 5) is 21.7. The van der Waals surface area contributed by atoms with Gasteiger partial charge in [-0.1, -0.05) is 35.9 Å². The average molecular weight is 476 g/mol. The molecule has 1 aliphatic rings. The van der Waals surface area contributed by atoms with Gasteiger partial charge < -0.3 is 10.1 Å². The van der Waals surface area contributed by atoms with Gasteiger partial charge in [0.2, 0.25) is 0 Å². The lowest BCUT2D eigenvalue weighted by atomic mass is 10.0. The molecule has 34 heavy (non-hydrogen) atoms. The fourth-order valence-corrected chi connectivity index (χ4v) is 5.13. The summed E-state index contributed by atoms with van der Waals surface area (Å²) in [5.41, 5.74) is 4.58. The van der Waals surface area contributed by atoms with Crippen molar-refractivity contribution in [2.24, 2.45) is 0 Å². The summed E-state index contributed by atoms with van der Waals surface area (Å²) in [6, 6.07) is 14.6. The molecule has 4 heterocycles. The third-order valence-corrected chi connectivity index (χ3v) is 7.13. The van der Waals surface area contributed by atoms with E-state index in [9.17, 15) is 4.79 Å². The molecule has 1 aromatic carbocycles. The highest BCUT2D eigenvalue weighted by Gasteiger charge is 2.24. The molecule has 0 radical (unpaired) electrons. The predicted octanol–water partition coefficient (Wildman–Crippen LogP) is 3.96. The SMILES string of the molecule is Cc1ccc(C(CNC(=O)c2cc(C)nc3c2cnn3Cc2cccs2)N2CCOCC2)cc1. The van der Waals surface area contributed by atoms with Gasteiger partial charge in [0, 0.05) is 30.2 Å². The number of carbonyl (C=O) groups excluding carboxylic acids is 1. The summed E-state index contributed by atoms with van der Waals surface area (Å²) >= 11 is 1.69. The topological polar surface area (TPSA) is 72.3 Å². The van der Waals surface area contributed by atoms with Crippen molar-refractivity contribution in [3.8, 4) is 0 Å². The number of nitrogens with zero attached hydrogens (tertiary/aromatic N) is 4. The van der Waals surface area contributed by atoms with Crippen LogP contribution in [-0.2, 0) is 11.3 Å². The van der Waals surface area contributed by atoms with Gasteiger partial charge in [0.15, 0.2) is 5.65 Å².